The molecule has 1 unspecified atom stereocenters. The molecule has 3 rings (SSSR count). The van der Waals surface area contributed by atoms with Crippen LogP contribution in [0.4, 0.5) is 0 Å². The van der Waals surface area contributed by atoms with E-state index >= 15 is 0 Å². The lowest BCUT2D eigenvalue weighted by Crippen LogP contribution is -2.32. The molecule has 1 heterocycles. The van der Waals surface area contributed by atoms with Gasteiger partial charge < -0.3 is 14.8 Å². The highest BCUT2D eigenvalue weighted by atomic mass is 32.2. The molecule has 1 amide bonds. The lowest BCUT2D eigenvalue weighted by molar-refractivity contribution is 0.0953. The third-order valence-corrected chi connectivity index (χ3v) is 6.47. The first-order valence-electron chi connectivity index (χ1n) is 10.0. The molecule has 8 heteroatoms. The van der Waals surface area contributed by atoms with Crippen LogP contribution in [0.2, 0.25) is 0 Å². The molecule has 0 bridgehead atoms. The zero-order valence-corrected chi connectivity index (χ0v) is 18.1. The molecular formula is C22H28N2O5S. The van der Waals surface area contributed by atoms with Crippen LogP contribution in [0.25, 0.3) is 0 Å². The fourth-order valence-electron chi connectivity index (χ4n) is 3.41. The number of benzene rings is 2. The average molecular weight is 433 g/mol. The van der Waals surface area contributed by atoms with Gasteiger partial charge in [-0.1, -0.05) is 23.8 Å². The molecule has 1 saturated heterocycles. The van der Waals surface area contributed by atoms with Crippen molar-refractivity contribution in [3.63, 3.8) is 0 Å². The summed E-state index contributed by atoms with van der Waals surface area (Å²) in [5.74, 6) is 0.457. The van der Waals surface area contributed by atoms with Crippen LogP contribution >= 0.6 is 0 Å². The molecule has 0 spiro atoms. The van der Waals surface area contributed by atoms with Gasteiger partial charge in [0.25, 0.3) is 5.91 Å². The topological polar surface area (TPSA) is 93.7 Å². The predicted octanol–water partition coefficient (Wildman–Crippen LogP) is 2.43. The molecule has 7 nitrogen and oxygen atoms in total. The lowest BCUT2D eigenvalue weighted by Gasteiger charge is -2.12. The number of rotatable bonds is 9. The number of ether oxygens (including phenoxy) is 2. The fraction of sp³-hybridized carbons (Fsp3) is 0.409. The number of aryl methyl sites for hydroxylation is 1. The first kappa shape index (κ1) is 22.3. The van der Waals surface area contributed by atoms with E-state index in [9.17, 15) is 13.2 Å². The molecule has 2 aromatic rings. The van der Waals surface area contributed by atoms with Gasteiger partial charge in [-0.25, -0.2) is 13.1 Å². The zero-order chi connectivity index (χ0) is 21.6. The number of methoxy groups -OCH3 is 1. The predicted molar refractivity (Wildman–Crippen MR) is 114 cm³/mol. The Morgan fingerprint density at radius 2 is 2.07 bits per heavy atom. The van der Waals surface area contributed by atoms with Gasteiger partial charge in [0.1, 0.15) is 5.75 Å². The van der Waals surface area contributed by atoms with Crippen molar-refractivity contribution in [1.82, 2.24) is 10.0 Å². The Labute approximate surface area is 177 Å². The molecule has 1 aliphatic heterocycles. The molecule has 30 heavy (non-hydrogen) atoms. The minimum atomic E-state index is -3.71. The zero-order valence-electron chi connectivity index (χ0n) is 17.3. The summed E-state index contributed by atoms with van der Waals surface area (Å²) in [5.41, 5.74) is 2.42. The Bertz CT molecular complexity index is 985. The SMILES string of the molecule is COc1ccc(C)cc1CCNC(=O)c1cccc(S(=O)(=O)NCC2CCCO2)c1. The van der Waals surface area contributed by atoms with E-state index in [1.165, 1.54) is 12.1 Å². The van der Waals surface area contributed by atoms with E-state index in [0.29, 0.717) is 25.1 Å². The maximum Gasteiger partial charge on any atom is 0.251 e. The summed E-state index contributed by atoms with van der Waals surface area (Å²) in [6.45, 7) is 3.31. The lowest BCUT2D eigenvalue weighted by atomic mass is 10.1. The Morgan fingerprint density at radius 3 is 2.80 bits per heavy atom. The first-order valence-corrected chi connectivity index (χ1v) is 11.5. The minimum absolute atomic E-state index is 0.0634. The summed E-state index contributed by atoms with van der Waals surface area (Å²) in [6, 6.07) is 11.9. The van der Waals surface area contributed by atoms with Crippen molar-refractivity contribution in [1.29, 1.82) is 0 Å². The highest BCUT2D eigenvalue weighted by molar-refractivity contribution is 7.89. The number of amides is 1. The summed E-state index contributed by atoms with van der Waals surface area (Å²) in [5, 5.41) is 2.84. The third kappa shape index (κ3) is 5.81. The Kier molecular flexibility index (Phi) is 7.47. The molecule has 2 aromatic carbocycles. The molecule has 0 saturated carbocycles. The number of hydrogen-bond donors (Lipinski definition) is 2. The number of sulfonamides is 1. The standard InChI is InChI=1S/C22H28N2O5S/c1-16-8-9-21(28-2)17(13-16)10-11-23-22(25)18-5-3-7-20(14-18)30(26,27)24-15-19-6-4-12-29-19/h3,5,7-9,13-14,19,24H,4,6,10-12,15H2,1-2H3,(H,23,25). The summed E-state index contributed by atoms with van der Waals surface area (Å²) in [4.78, 5) is 12.6. The molecule has 1 fully saturated rings. The van der Waals surface area contributed by atoms with Crippen LogP contribution < -0.4 is 14.8 Å². The largest absolute Gasteiger partial charge is 0.496 e. The first-order chi connectivity index (χ1) is 14.4. The number of hydrogen-bond acceptors (Lipinski definition) is 5. The summed E-state index contributed by atoms with van der Waals surface area (Å²) in [6.07, 6.45) is 2.30. The second-order valence-corrected chi connectivity index (χ2v) is 9.10. The maximum atomic E-state index is 12.6. The van der Waals surface area contributed by atoms with Crippen molar-refractivity contribution in [3.05, 3.63) is 59.2 Å². The van der Waals surface area contributed by atoms with Crippen molar-refractivity contribution < 1.29 is 22.7 Å². The van der Waals surface area contributed by atoms with Crippen LogP contribution in [0.5, 0.6) is 5.75 Å². The fourth-order valence-corrected chi connectivity index (χ4v) is 4.52. The van der Waals surface area contributed by atoms with Crippen LogP contribution in [-0.2, 0) is 21.2 Å². The van der Waals surface area contributed by atoms with Gasteiger partial charge in [-0.05, 0) is 56.0 Å². The quantitative estimate of drug-likeness (QED) is 0.635. The van der Waals surface area contributed by atoms with E-state index in [1.807, 2.05) is 25.1 Å². The van der Waals surface area contributed by atoms with Crippen molar-refractivity contribution >= 4 is 15.9 Å². The van der Waals surface area contributed by atoms with E-state index in [4.69, 9.17) is 9.47 Å². The van der Waals surface area contributed by atoms with E-state index in [-0.39, 0.29) is 23.5 Å². The van der Waals surface area contributed by atoms with Gasteiger partial charge in [0, 0.05) is 25.3 Å². The van der Waals surface area contributed by atoms with Gasteiger partial charge >= 0.3 is 0 Å². The van der Waals surface area contributed by atoms with Gasteiger partial charge in [0.05, 0.1) is 18.1 Å². The Balaban J connectivity index is 1.59. The van der Waals surface area contributed by atoms with Gasteiger partial charge in [-0.15, -0.1) is 0 Å². The number of carbonyl (C=O) groups is 1. The van der Waals surface area contributed by atoms with Crippen molar-refractivity contribution in [2.45, 2.75) is 37.2 Å². The van der Waals surface area contributed by atoms with Crippen LogP contribution in [0.1, 0.15) is 34.3 Å². The van der Waals surface area contributed by atoms with Gasteiger partial charge in [-0.3, -0.25) is 4.79 Å². The molecular weight excluding hydrogens is 404 g/mol. The second-order valence-electron chi connectivity index (χ2n) is 7.34. The van der Waals surface area contributed by atoms with E-state index in [0.717, 1.165) is 29.7 Å². The molecule has 0 aliphatic carbocycles. The normalized spacial score (nSPS) is 16.4. The van der Waals surface area contributed by atoms with Gasteiger partial charge in [0.2, 0.25) is 10.0 Å². The smallest absolute Gasteiger partial charge is 0.251 e. The monoisotopic (exact) mass is 432 g/mol. The maximum absolute atomic E-state index is 12.6. The molecule has 0 radical (unpaired) electrons. The van der Waals surface area contributed by atoms with Gasteiger partial charge in [-0.2, -0.15) is 0 Å². The summed E-state index contributed by atoms with van der Waals surface area (Å²) in [7, 11) is -2.09. The average Bonchev–Trinajstić information content (AvgIpc) is 3.26. The van der Waals surface area contributed by atoms with Crippen molar-refractivity contribution in [3.8, 4) is 5.75 Å². The number of nitrogens with one attached hydrogen (secondary N) is 2. The van der Waals surface area contributed by atoms with Crippen molar-refractivity contribution in [2.75, 3.05) is 26.8 Å². The molecule has 1 aliphatic rings. The second kappa shape index (κ2) is 10.1. The minimum Gasteiger partial charge on any atom is -0.496 e. The highest BCUT2D eigenvalue weighted by Crippen LogP contribution is 2.20. The van der Waals surface area contributed by atoms with Crippen LogP contribution in [0.15, 0.2) is 47.4 Å². The van der Waals surface area contributed by atoms with Gasteiger partial charge in [0.15, 0.2) is 0 Å². The van der Waals surface area contributed by atoms with Crippen molar-refractivity contribution in [2.24, 2.45) is 0 Å². The van der Waals surface area contributed by atoms with E-state index < -0.39 is 10.0 Å². The summed E-state index contributed by atoms with van der Waals surface area (Å²) >= 11 is 0. The van der Waals surface area contributed by atoms with Crippen LogP contribution in [-0.4, -0.2) is 47.2 Å². The molecule has 162 valence electrons. The third-order valence-electron chi connectivity index (χ3n) is 5.05. The molecule has 2 N–H and O–H groups in total. The summed E-state index contributed by atoms with van der Waals surface area (Å²) < 4.78 is 38.5. The van der Waals surface area contributed by atoms with E-state index in [2.05, 4.69) is 10.0 Å². The van der Waals surface area contributed by atoms with E-state index in [1.54, 1.807) is 19.2 Å². The molecule has 1 atom stereocenters. The Hall–Kier alpha value is -2.42. The van der Waals surface area contributed by atoms with Crippen LogP contribution in [0, 0.1) is 6.92 Å². The van der Waals surface area contributed by atoms with Crippen LogP contribution in [0.3, 0.4) is 0 Å². The molecule has 0 aromatic heterocycles. The Morgan fingerprint density at radius 1 is 1.23 bits per heavy atom. The highest BCUT2D eigenvalue weighted by Gasteiger charge is 2.21. The number of carbonyl (C=O) groups excluding carboxylic acids is 1.